The van der Waals surface area contributed by atoms with Crippen molar-refractivity contribution in [2.24, 2.45) is 5.11 Å². The summed E-state index contributed by atoms with van der Waals surface area (Å²) in [6.07, 6.45) is 3.71. The van der Waals surface area contributed by atoms with E-state index in [1.54, 1.807) is 12.1 Å². The molecule has 0 aliphatic rings. The van der Waals surface area contributed by atoms with Crippen molar-refractivity contribution in [1.29, 1.82) is 0 Å². The molecule has 7 heteroatoms. The van der Waals surface area contributed by atoms with E-state index in [1.165, 1.54) is 6.07 Å². The quantitative estimate of drug-likeness (QED) is 0.131. The van der Waals surface area contributed by atoms with E-state index in [2.05, 4.69) is 10.0 Å². The third-order valence-electron chi connectivity index (χ3n) is 3.38. The highest BCUT2D eigenvalue weighted by atomic mass is 17.2. The average molecular weight is 317 g/mol. The molecule has 122 valence electrons. The number of hydrogen-bond acceptors (Lipinski definition) is 5. The molecule has 0 bridgehead atoms. The van der Waals surface area contributed by atoms with Crippen LogP contribution in [0.15, 0.2) is 38.6 Å². The van der Waals surface area contributed by atoms with Crippen LogP contribution in [0, 0.1) is 6.92 Å². The number of azide groups is 1. The van der Waals surface area contributed by atoms with E-state index in [-0.39, 0.29) is 5.63 Å². The van der Waals surface area contributed by atoms with E-state index in [0.29, 0.717) is 24.5 Å². The molecule has 0 aliphatic heterocycles. The Kier molecular flexibility index (Phi) is 6.47. The molecule has 2 aromatic rings. The normalized spacial score (nSPS) is 10.5. The van der Waals surface area contributed by atoms with Crippen molar-refractivity contribution in [1.82, 2.24) is 0 Å². The van der Waals surface area contributed by atoms with Crippen LogP contribution < -0.4 is 10.5 Å². The fourth-order valence-corrected chi connectivity index (χ4v) is 2.21. The first-order chi connectivity index (χ1) is 11.2. The number of fused-ring (bicyclic) bond motifs is 1. The van der Waals surface area contributed by atoms with Crippen LogP contribution in [0.4, 0.5) is 0 Å². The summed E-state index contributed by atoms with van der Waals surface area (Å²) in [6.45, 7) is 2.87. The Balaban J connectivity index is 1.75. The molecule has 1 aromatic heterocycles. The van der Waals surface area contributed by atoms with E-state index in [9.17, 15) is 4.79 Å². The van der Waals surface area contributed by atoms with E-state index in [4.69, 9.17) is 19.7 Å². The molecule has 0 aliphatic carbocycles. The highest BCUT2D eigenvalue weighted by molar-refractivity contribution is 5.81. The molecule has 1 heterocycles. The minimum absolute atomic E-state index is 0.381. The van der Waals surface area contributed by atoms with Crippen molar-refractivity contribution >= 4 is 11.0 Å². The summed E-state index contributed by atoms with van der Waals surface area (Å²) in [5, 5.41) is 4.35. The van der Waals surface area contributed by atoms with Gasteiger partial charge in [-0.1, -0.05) is 18.0 Å². The van der Waals surface area contributed by atoms with Gasteiger partial charge in [0.25, 0.3) is 0 Å². The van der Waals surface area contributed by atoms with Crippen molar-refractivity contribution in [2.75, 3.05) is 13.2 Å². The predicted molar refractivity (Wildman–Crippen MR) is 86.3 cm³/mol. The molecule has 0 fully saturated rings. The lowest BCUT2D eigenvalue weighted by molar-refractivity contribution is -0.207. The zero-order valence-electron chi connectivity index (χ0n) is 13.0. The summed E-state index contributed by atoms with van der Waals surface area (Å²) in [4.78, 5) is 24.4. The zero-order chi connectivity index (χ0) is 16.5. The zero-order valence-corrected chi connectivity index (χ0v) is 13.0. The Labute approximate surface area is 133 Å². The lowest BCUT2D eigenvalue weighted by Gasteiger charge is -2.06. The van der Waals surface area contributed by atoms with Crippen LogP contribution in [0.1, 0.15) is 31.2 Å². The number of rotatable bonds is 9. The second-order valence-electron chi connectivity index (χ2n) is 5.18. The highest BCUT2D eigenvalue weighted by Gasteiger charge is 2.04. The lowest BCUT2D eigenvalue weighted by Crippen LogP contribution is -2.01. The summed E-state index contributed by atoms with van der Waals surface area (Å²) in [7, 11) is 0. The van der Waals surface area contributed by atoms with Crippen molar-refractivity contribution < 1.29 is 14.2 Å². The van der Waals surface area contributed by atoms with E-state index in [0.717, 1.165) is 36.6 Å². The maximum Gasteiger partial charge on any atom is 0.336 e. The van der Waals surface area contributed by atoms with Gasteiger partial charge in [-0.2, -0.15) is 4.89 Å². The van der Waals surface area contributed by atoms with E-state index < -0.39 is 0 Å². The van der Waals surface area contributed by atoms with Crippen LogP contribution >= 0.6 is 0 Å². The SMILES string of the molecule is Cc1cc(=O)oc2cc(OOCCCCCCN=[N+]=[N-])ccc12. The maximum atomic E-state index is 11.4. The van der Waals surface area contributed by atoms with Crippen molar-refractivity contribution in [3.63, 3.8) is 0 Å². The summed E-state index contributed by atoms with van der Waals surface area (Å²) in [5.74, 6) is 0.495. The second kappa shape index (κ2) is 8.82. The van der Waals surface area contributed by atoms with Gasteiger partial charge in [-0.05, 0) is 43.0 Å². The Hall–Kier alpha value is -2.50. The van der Waals surface area contributed by atoms with E-state index >= 15 is 0 Å². The van der Waals surface area contributed by atoms with Crippen molar-refractivity contribution in [3.8, 4) is 5.75 Å². The third kappa shape index (κ3) is 5.32. The summed E-state index contributed by atoms with van der Waals surface area (Å²) in [6, 6.07) is 6.71. The number of aryl methyl sites for hydroxylation is 1. The second-order valence-corrected chi connectivity index (χ2v) is 5.18. The molecule has 0 atom stereocenters. The molecule has 0 radical (unpaired) electrons. The molecule has 0 saturated carbocycles. The number of unbranched alkanes of at least 4 members (excludes halogenated alkanes) is 3. The van der Waals surface area contributed by atoms with Gasteiger partial charge in [-0.25, -0.2) is 4.79 Å². The molecule has 0 N–H and O–H groups in total. The van der Waals surface area contributed by atoms with Crippen molar-refractivity contribution in [3.05, 3.63) is 50.7 Å². The van der Waals surface area contributed by atoms with Crippen LogP contribution in [0.2, 0.25) is 0 Å². The average Bonchev–Trinajstić information content (AvgIpc) is 2.53. The van der Waals surface area contributed by atoms with Gasteiger partial charge in [-0.3, -0.25) is 0 Å². The largest absolute Gasteiger partial charge is 0.423 e. The molecule has 23 heavy (non-hydrogen) atoms. The Morgan fingerprint density at radius 3 is 2.87 bits per heavy atom. The molecule has 0 spiro atoms. The lowest BCUT2D eigenvalue weighted by atomic mass is 10.1. The molecule has 0 unspecified atom stereocenters. The molecule has 0 saturated heterocycles. The maximum absolute atomic E-state index is 11.4. The van der Waals surface area contributed by atoms with Gasteiger partial charge in [0.15, 0.2) is 5.75 Å². The standard InChI is InChI=1S/C16H19N3O4/c1-12-10-16(20)22-15-11-13(6-7-14(12)15)23-21-9-5-3-2-4-8-18-19-17/h6-7,10-11H,2-5,8-9H2,1H3. The van der Waals surface area contributed by atoms with Gasteiger partial charge in [-0.15, -0.1) is 0 Å². The fraction of sp³-hybridized carbons (Fsp3) is 0.438. The predicted octanol–water partition coefficient (Wildman–Crippen LogP) is 4.28. The van der Waals surface area contributed by atoms with Gasteiger partial charge in [0.05, 0.1) is 6.61 Å². The van der Waals surface area contributed by atoms with E-state index in [1.807, 2.05) is 13.0 Å². The van der Waals surface area contributed by atoms with Gasteiger partial charge in [0.1, 0.15) is 5.58 Å². The topological polar surface area (TPSA) is 97.4 Å². The first-order valence-corrected chi connectivity index (χ1v) is 7.55. The third-order valence-corrected chi connectivity index (χ3v) is 3.38. The highest BCUT2D eigenvalue weighted by Crippen LogP contribution is 2.22. The molecule has 7 nitrogen and oxygen atoms in total. The van der Waals surface area contributed by atoms with Crippen LogP contribution in [0.3, 0.4) is 0 Å². The molecular weight excluding hydrogens is 298 g/mol. The number of benzene rings is 1. The fourth-order valence-electron chi connectivity index (χ4n) is 2.21. The monoisotopic (exact) mass is 317 g/mol. The minimum Gasteiger partial charge on any atom is -0.423 e. The first kappa shape index (κ1) is 16.9. The number of nitrogens with zero attached hydrogens (tertiary/aromatic N) is 3. The molecular formula is C16H19N3O4. The van der Waals surface area contributed by atoms with Gasteiger partial charge < -0.3 is 9.30 Å². The molecule has 1 aromatic carbocycles. The Morgan fingerprint density at radius 2 is 2.04 bits per heavy atom. The van der Waals surface area contributed by atoms with Crippen LogP contribution in [-0.2, 0) is 4.89 Å². The summed E-state index contributed by atoms with van der Waals surface area (Å²) in [5.41, 5.74) is 9.11. The van der Waals surface area contributed by atoms with Gasteiger partial charge >= 0.3 is 5.63 Å². The van der Waals surface area contributed by atoms with Crippen LogP contribution in [0.25, 0.3) is 21.4 Å². The Bertz CT molecular complexity index is 751. The van der Waals surface area contributed by atoms with Gasteiger partial charge in [0, 0.05) is 29.0 Å². The molecule has 2 rings (SSSR count). The minimum atomic E-state index is -0.381. The van der Waals surface area contributed by atoms with Gasteiger partial charge in [0.2, 0.25) is 0 Å². The smallest absolute Gasteiger partial charge is 0.336 e. The van der Waals surface area contributed by atoms with Crippen LogP contribution in [-0.4, -0.2) is 13.2 Å². The molecule has 0 amide bonds. The summed E-state index contributed by atoms with van der Waals surface area (Å²) >= 11 is 0. The summed E-state index contributed by atoms with van der Waals surface area (Å²) < 4.78 is 5.15. The number of hydrogen-bond donors (Lipinski definition) is 0. The Morgan fingerprint density at radius 1 is 1.22 bits per heavy atom. The van der Waals surface area contributed by atoms with Crippen molar-refractivity contribution in [2.45, 2.75) is 32.6 Å². The first-order valence-electron chi connectivity index (χ1n) is 7.55. The van der Waals surface area contributed by atoms with Crippen LogP contribution in [0.5, 0.6) is 5.75 Å².